The molecule has 0 unspecified atom stereocenters. The van der Waals surface area contributed by atoms with Crippen molar-refractivity contribution in [2.75, 3.05) is 46.5 Å². The van der Waals surface area contributed by atoms with Crippen molar-refractivity contribution in [2.24, 2.45) is 0 Å². The van der Waals surface area contributed by atoms with Crippen molar-refractivity contribution >= 4 is 11.7 Å². The molecule has 0 aromatic heterocycles. The van der Waals surface area contributed by atoms with E-state index in [-0.39, 0.29) is 16.6 Å². The Kier molecular flexibility index (Phi) is 4.79. The molecule has 2 aliphatic rings. The molecular weight excluding hydrogens is 314 g/mol. The van der Waals surface area contributed by atoms with E-state index in [1.807, 2.05) is 6.07 Å². The normalized spacial score (nSPS) is 21.0. The van der Waals surface area contributed by atoms with E-state index in [4.69, 9.17) is 9.47 Å². The van der Waals surface area contributed by atoms with Gasteiger partial charge in [-0.25, -0.2) is 4.79 Å². The Morgan fingerprint density at radius 2 is 2.04 bits per heavy atom. The van der Waals surface area contributed by atoms with Gasteiger partial charge in [-0.05, 0) is 5.56 Å². The van der Waals surface area contributed by atoms with Gasteiger partial charge in [0.05, 0.1) is 25.2 Å². The monoisotopic (exact) mass is 335 g/mol. The highest BCUT2D eigenvalue weighted by atomic mass is 16.6. The molecule has 2 aliphatic heterocycles. The van der Waals surface area contributed by atoms with Crippen LogP contribution in [-0.4, -0.2) is 72.7 Å². The summed E-state index contributed by atoms with van der Waals surface area (Å²) in [5.41, 5.74) is 0.404. The molecule has 0 radical (unpaired) electrons. The molecule has 2 heterocycles. The molecule has 0 spiro atoms. The number of piperazine rings is 1. The highest BCUT2D eigenvalue weighted by molar-refractivity contribution is 5.82. The number of methoxy groups -OCH3 is 1. The Morgan fingerprint density at radius 3 is 2.58 bits per heavy atom. The van der Waals surface area contributed by atoms with Crippen molar-refractivity contribution in [3.8, 4) is 0 Å². The number of nitro benzene ring substituents is 1. The predicted octanol–water partition coefficient (Wildman–Crippen LogP) is 0.654. The van der Waals surface area contributed by atoms with Gasteiger partial charge in [0, 0.05) is 44.9 Å². The average Bonchev–Trinajstić information content (AvgIpc) is 2.55. The third kappa shape index (κ3) is 3.12. The van der Waals surface area contributed by atoms with Gasteiger partial charge in [0.25, 0.3) is 5.69 Å². The van der Waals surface area contributed by atoms with Crippen molar-refractivity contribution in [1.82, 2.24) is 9.80 Å². The van der Waals surface area contributed by atoms with Gasteiger partial charge in [-0.3, -0.25) is 19.9 Å². The molecule has 24 heavy (non-hydrogen) atoms. The Hall–Kier alpha value is -2.03. The lowest BCUT2D eigenvalue weighted by Gasteiger charge is -2.49. The Balaban J connectivity index is 1.58. The zero-order valence-corrected chi connectivity index (χ0v) is 13.6. The maximum atomic E-state index is 12.1. The summed E-state index contributed by atoms with van der Waals surface area (Å²) in [6, 6.07) is 6.72. The zero-order chi connectivity index (χ0) is 17.2. The van der Waals surface area contributed by atoms with Crippen LogP contribution < -0.4 is 0 Å². The number of nitrogens with zero attached hydrogens (tertiary/aromatic N) is 3. The van der Waals surface area contributed by atoms with Crippen molar-refractivity contribution in [3.05, 3.63) is 39.9 Å². The van der Waals surface area contributed by atoms with Gasteiger partial charge >= 0.3 is 5.97 Å². The fraction of sp³-hybridized carbons (Fsp3) is 0.562. The maximum absolute atomic E-state index is 12.1. The second-order valence-electron chi connectivity index (χ2n) is 6.21. The third-order valence-corrected chi connectivity index (χ3v) is 4.75. The van der Waals surface area contributed by atoms with E-state index >= 15 is 0 Å². The highest BCUT2D eigenvalue weighted by Gasteiger charge is 2.52. The average molecular weight is 335 g/mol. The number of carbonyl (C=O) groups is 1. The first kappa shape index (κ1) is 16.8. The summed E-state index contributed by atoms with van der Waals surface area (Å²) < 4.78 is 10.2. The smallest absolute Gasteiger partial charge is 0.331 e. The number of benzene rings is 1. The molecule has 0 amide bonds. The van der Waals surface area contributed by atoms with Gasteiger partial charge in [-0.2, -0.15) is 0 Å². The molecule has 0 aliphatic carbocycles. The number of nitro groups is 1. The van der Waals surface area contributed by atoms with Gasteiger partial charge < -0.3 is 9.47 Å². The van der Waals surface area contributed by atoms with Crippen LogP contribution in [-0.2, 0) is 20.8 Å². The summed E-state index contributed by atoms with van der Waals surface area (Å²) in [4.78, 5) is 26.9. The molecule has 1 aromatic rings. The van der Waals surface area contributed by atoms with Crippen LogP contribution in [0.1, 0.15) is 5.56 Å². The minimum absolute atomic E-state index is 0.113. The van der Waals surface area contributed by atoms with Gasteiger partial charge in [0.15, 0.2) is 5.54 Å². The molecule has 0 N–H and O–H groups in total. The summed E-state index contributed by atoms with van der Waals surface area (Å²) in [5.74, 6) is -0.235. The van der Waals surface area contributed by atoms with Crippen molar-refractivity contribution < 1.29 is 19.2 Å². The number of non-ortho nitro benzene ring substituents is 1. The molecule has 2 fully saturated rings. The zero-order valence-electron chi connectivity index (χ0n) is 13.6. The van der Waals surface area contributed by atoms with E-state index in [0.717, 1.165) is 31.7 Å². The second kappa shape index (κ2) is 6.84. The fourth-order valence-corrected chi connectivity index (χ4v) is 3.28. The molecule has 130 valence electrons. The van der Waals surface area contributed by atoms with Crippen LogP contribution in [0.2, 0.25) is 0 Å². The highest BCUT2D eigenvalue weighted by Crippen LogP contribution is 2.28. The molecule has 3 rings (SSSR count). The van der Waals surface area contributed by atoms with E-state index in [0.29, 0.717) is 19.8 Å². The lowest BCUT2D eigenvalue weighted by atomic mass is 9.94. The summed E-state index contributed by atoms with van der Waals surface area (Å²) in [7, 11) is 1.40. The van der Waals surface area contributed by atoms with Crippen molar-refractivity contribution in [1.29, 1.82) is 0 Å². The first-order valence-corrected chi connectivity index (χ1v) is 7.92. The fourth-order valence-electron chi connectivity index (χ4n) is 3.28. The quantitative estimate of drug-likeness (QED) is 0.444. The number of esters is 1. The van der Waals surface area contributed by atoms with Crippen LogP contribution >= 0.6 is 0 Å². The molecular formula is C16H21N3O5. The second-order valence-corrected chi connectivity index (χ2v) is 6.21. The molecule has 0 bridgehead atoms. The van der Waals surface area contributed by atoms with Crippen molar-refractivity contribution in [2.45, 2.75) is 12.1 Å². The first-order chi connectivity index (χ1) is 11.5. The van der Waals surface area contributed by atoms with Gasteiger partial charge in [-0.15, -0.1) is 0 Å². The van der Waals surface area contributed by atoms with Crippen LogP contribution in [0.4, 0.5) is 5.69 Å². The van der Waals surface area contributed by atoms with Crippen LogP contribution in [0, 0.1) is 10.1 Å². The summed E-state index contributed by atoms with van der Waals surface area (Å²) in [6.45, 7) is 4.50. The Bertz CT molecular complexity index is 624. The van der Waals surface area contributed by atoms with Crippen LogP contribution in [0.5, 0.6) is 0 Å². The largest absolute Gasteiger partial charge is 0.467 e. The Labute approximate surface area is 140 Å². The first-order valence-electron chi connectivity index (χ1n) is 7.92. The van der Waals surface area contributed by atoms with E-state index in [1.165, 1.54) is 13.2 Å². The summed E-state index contributed by atoms with van der Waals surface area (Å²) >= 11 is 0. The molecule has 0 saturated carbocycles. The minimum Gasteiger partial charge on any atom is -0.467 e. The van der Waals surface area contributed by atoms with E-state index < -0.39 is 5.54 Å². The molecule has 2 saturated heterocycles. The number of carbonyl (C=O) groups excluding carboxylic acids is 1. The van der Waals surface area contributed by atoms with Crippen molar-refractivity contribution in [3.63, 3.8) is 0 Å². The lowest BCUT2D eigenvalue weighted by molar-refractivity contribution is -0.384. The minimum atomic E-state index is -0.633. The summed E-state index contributed by atoms with van der Waals surface area (Å²) in [6.07, 6.45) is 0. The number of ether oxygens (including phenoxy) is 2. The topological polar surface area (TPSA) is 85.2 Å². The molecule has 8 heteroatoms. The van der Waals surface area contributed by atoms with Gasteiger partial charge in [0.2, 0.25) is 0 Å². The number of rotatable bonds is 5. The molecule has 0 atom stereocenters. The summed E-state index contributed by atoms with van der Waals surface area (Å²) in [5, 5.41) is 10.9. The Morgan fingerprint density at radius 1 is 1.33 bits per heavy atom. The van der Waals surface area contributed by atoms with Crippen LogP contribution in [0.15, 0.2) is 24.3 Å². The van der Waals surface area contributed by atoms with Crippen LogP contribution in [0.25, 0.3) is 0 Å². The predicted molar refractivity (Wildman–Crippen MR) is 85.5 cm³/mol. The standard InChI is InChI=1S/C16H21N3O5/c1-23-15(20)16(11-24-12-16)18-7-5-17(6-8-18)10-13-3-2-4-14(9-13)19(21)22/h2-4,9H,5-8,10-12H2,1H3. The lowest BCUT2D eigenvalue weighted by Crippen LogP contribution is -2.70. The number of hydrogen-bond donors (Lipinski definition) is 0. The van der Waals surface area contributed by atoms with E-state index in [2.05, 4.69) is 9.80 Å². The number of hydrogen-bond acceptors (Lipinski definition) is 7. The maximum Gasteiger partial charge on any atom is 0.331 e. The van der Waals surface area contributed by atoms with Crippen LogP contribution in [0.3, 0.4) is 0 Å². The van der Waals surface area contributed by atoms with E-state index in [1.54, 1.807) is 12.1 Å². The molecule has 1 aromatic carbocycles. The SMILES string of the molecule is COC(=O)C1(N2CCN(Cc3cccc([N+](=O)[O-])c3)CC2)COC1. The van der Waals surface area contributed by atoms with Gasteiger partial charge in [0.1, 0.15) is 0 Å². The molecule has 8 nitrogen and oxygen atoms in total. The third-order valence-electron chi connectivity index (χ3n) is 4.75. The van der Waals surface area contributed by atoms with E-state index in [9.17, 15) is 14.9 Å². The van der Waals surface area contributed by atoms with Gasteiger partial charge in [-0.1, -0.05) is 12.1 Å².